The van der Waals surface area contributed by atoms with Gasteiger partial charge in [0.1, 0.15) is 5.82 Å². The first-order chi connectivity index (χ1) is 8.02. The topological polar surface area (TPSA) is 55.1 Å². The van der Waals surface area contributed by atoms with Crippen LogP contribution in [0.2, 0.25) is 0 Å². The highest BCUT2D eigenvalue weighted by atomic mass is 32.2. The minimum Gasteiger partial charge on any atom is -0.352 e. The Morgan fingerprint density at radius 3 is 2.88 bits per heavy atom. The van der Waals surface area contributed by atoms with Crippen LogP contribution in [0.25, 0.3) is 0 Å². The Balaban J connectivity index is 2.62. The van der Waals surface area contributed by atoms with Gasteiger partial charge < -0.3 is 11.1 Å². The fourth-order valence-electron chi connectivity index (χ4n) is 1.44. The van der Waals surface area contributed by atoms with Gasteiger partial charge in [-0.05, 0) is 36.9 Å². The molecule has 0 aromatic heterocycles. The molecule has 0 aliphatic carbocycles. The maximum atomic E-state index is 13.1. The molecule has 5 heteroatoms. The molecule has 0 spiro atoms. The maximum absolute atomic E-state index is 13.1. The molecule has 0 heterocycles. The fraction of sp³-hybridized carbons (Fsp3) is 0.417. The summed E-state index contributed by atoms with van der Waals surface area (Å²) in [6.45, 7) is 2.11. The Bertz CT molecular complexity index is 396. The lowest BCUT2D eigenvalue weighted by Crippen LogP contribution is -2.29. The van der Waals surface area contributed by atoms with E-state index in [0.29, 0.717) is 6.54 Å². The first-order valence-corrected chi connectivity index (χ1v) is 6.60. The second kappa shape index (κ2) is 6.61. The van der Waals surface area contributed by atoms with Crippen molar-refractivity contribution in [3.8, 4) is 0 Å². The fourth-order valence-corrected chi connectivity index (χ4v) is 2.04. The predicted octanol–water partition coefficient (Wildman–Crippen LogP) is 1.90. The van der Waals surface area contributed by atoms with E-state index in [2.05, 4.69) is 5.32 Å². The average Bonchev–Trinajstić information content (AvgIpc) is 2.25. The maximum Gasteiger partial charge on any atom is 0.221 e. The number of halogens is 1. The van der Waals surface area contributed by atoms with Crippen LogP contribution in [0.3, 0.4) is 0 Å². The number of thioether (sulfide) groups is 1. The molecule has 1 amide bonds. The predicted molar refractivity (Wildman–Crippen MR) is 68.3 cm³/mol. The molecule has 0 radical (unpaired) electrons. The summed E-state index contributed by atoms with van der Waals surface area (Å²) >= 11 is 1.53. The molecular weight excluding hydrogens is 239 g/mol. The van der Waals surface area contributed by atoms with Gasteiger partial charge in [0.15, 0.2) is 0 Å². The number of rotatable bonds is 5. The first-order valence-electron chi connectivity index (χ1n) is 5.37. The van der Waals surface area contributed by atoms with E-state index in [1.807, 2.05) is 6.26 Å². The second-order valence-electron chi connectivity index (χ2n) is 3.91. The normalized spacial score (nSPS) is 12.2. The number of nitrogens with one attached hydrogen (secondary N) is 1. The Morgan fingerprint density at radius 1 is 1.59 bits per heavy atom. The van der Waals surface area contributed by atoms with E-state index in [0.717, 1.165) is 10.5 Å². The van der Waals surface area contributed by atoms with Gasteiger partial charge in [-0.3, -0.25) is 4.79 Å². The molecule has 17 heavy (non-hydrogen) atoms. The van der Waals surface area contributed by atoms with Gasteiger partial charge in [0.25, 0.3) is 0 Å². The monoisotopic (exact) mass is 256 g/mol. The molecule has 0 aliphatic rings. The molecule has 1 rings (SSSR count). The van der Waals surface area contributed by atoms with E-state index in [1.54, 1.807) is 13.0 Å². The zero-order chi connectivity index (χ0) is 12.8. The molecule has 0 aliphatic heterocycles. The van der Waals surface area contributed by atoms with Gasteiger partial charge >= 0.3 is 0 Å². The Morgan fingerprint density at radius 2 is 2.29 bits per heavy atom. The van der Waals surface area contributed by atoms with Gasteiger partial charge in [0, 0.05) is 23.9 Å². The number of hydrogen-bond donors (Lipinski definition) is 2. The SMILES string of the molecule is CSc1ccc(F)cc1CNC(=O)CC(C)N. The molecule has 1 unspecified atom stereocenters. The zero-order valence-corrected chi connectivity index (χ0v) is 10.8. The lowest BCUT2D eigenvalue weighted by Gasteiger charge is -2.10. The Kier molecular flexibility index (Phi) is 5.44. The molecule has 1 aromatic carbocycles. The molecule has 0 bridgehead atoms. The summed E-state index contributed by atoms with van der Waals surface area (Å²) in [5.74, 6) is -0.407. The largest absolute Gasteiger partial charge is 0.352 e. The van der Waals surface area contributed by atoms with Crippen LogP contribution in [-0.4, -0.2) is 18.2 Å². The van der Waals surface area contributed by atoms with Gasteiger partial charge in [-0.25, -0.2) is 4.39 Å². The van der Waals surface area contributed by atoms with Crippen LogP contribution in [0.15, 0.2) is 23.1 Å². The van der Waals surface area contributed by atoms with Gasteiger partial charge in [0.05, 0.1) is 0 Å². The van der Waals surface area contributed by atoms with Crippen LogP contribution in [0.1, 0.15) is 18.9 Å². The van der Waals surface area contributed by atoms with Crippen LogP contribution in [0.5, 0.6) is 0 Å². The highest BCUT2D eigenvalue weighted by molar-refractivity contribution is 7.98. The third-order valence-corrected chi connectivity index (χ3v) is 3.06. The van der Waals surface area contributed by atoms with Crippen LogP contribution in [0.4, 0.5) is 4.39 Å². The summed E-state index contributed by atoms with van der Waals surface area (Å²) in [4.78, 5) is 12.4. The highest BCUT2D eigenvalue weighted by Crippen LogP contribution is 2.21. The van der Waals surface area contributed by atoms with E-state index < -0.39 is 0 Å². The van der Waals surface area contributed by atoms with Crippen LogP contribution >= 0.6 is 11.8 Å². The molecule has 3 N–H and O–H groups in total. The van der Waals surface area contributed by atoms with Gasteiger partial charge in [-0.2, -0.15) is 0 Å². The molecule has 3 nitrogen and oxygen atoms in total. The molecule has 0 saturated carbocycles. The van der Waals surface area contributed by atoms with Crippen molar-refractivity contribution < 1.29 is 9.18 Å². The number of nitrogens with two attached hydrogens (primary N) is 1. The van der Waals surface area contributed by atoms with E-state index in [9.17, 15) is 9.18 Å². The van der Waals surface area contributed by atoms with Crippen molar-refractivity contribution in [2.45, 2.75) is 30.8 Å². The zero-order valence-electron chi connectivity index (χ0n) is 10.00. The molecular formula is C12H17FN2OS. The lowest BCUT2D eigenvalue weighted by atomic mass is 10.2. The molecule has 1 atom stereocenters. The Labute approximate surface area is 105 Å². The summed E-state index contributed by atoms with van der Waals surface area (Å²) in [6.07, 6.45) is 2.20. The van der Waals surface area contributed by atoms with E-state index in [-0.39, 0.29) is 24.2 Å². The minimum absolute atomic E-state index is 0.115. The standard InChI is InChI=1S/C12H17FN2OS/c1-8(14)5-12(16)15-7-9-6-10(13)3-4-11(9)17-2/h3-4,6,8H,5,7,14H2,1-2H3,(H,15,16). The first kappa shape index (κ1) is 14.0. The smallest absolute Gasteiger partial charge is 0.221 e. The molecule has 0 saturated heterocycles. The van der Waals surface area contributed by atoms with Crippen molar-refractivity contribution in [2.75, 3.05) is 6.26 Å². The Hall–Kier alpha value is -1.07. The van der Waals surface area contributed by atoms with Crippen molar-refractivity contribution in [3.05, 3.63) is 29.6 Å². The molecule has 1 aromatic rings. The number of carbonyl (C=O) groups excluding carboxylic acids is 1. The van der Waals surface area contributed by atoms with Crippen LogP contribution < -0.4 is 11.1 Å². The summed E-state index contributed by atoms with van der Waals surface area (Å²) in [6, 6.07) is 4.41. The van der Waals surface area contributed by atoms with Crippen molar-refractivity contribution in [2.24, 2.45) is 5.73 Å². The third-order valence-electron chi connectivity index (χ3n) is 2.23. The minimum atomic E-state index is -0.292. The van der Waals surface area contributed by atoms with Crippen molar-refractivity contribution in [1.82, 2.24) is 5.32 Å². The quantitative estimate of drug-likeness (QED) is 0.791. The van der Waals surface area contributed by atoms with Crippen molar-refractivity contribution in [3.63, 3.8) is 0 Å². The lowest BCUT2D eigenvalue weighted by molar-refractivity contribution is -0.121. The van der Waals surface area contributed by atoms with Gasteiger partial charge in [0.2, 0.25) is 5.91 Å². The highest BCUT2D eigenvalue weighted by Gasteiger charge is 2.07. The number of hydrogen-bond acceptors (Lipinski definition) is 3. The number of amides is 1. The van der Waals surface area contributed by atoms with Gasteiger partial charge in [-0.15, -0.1) is 11.8 Å². The van der Waals surface area contributed by atoms with Crippen molar-refractivity contribution in [1.29, 1.82) is 0 Å². The molecule has 94 valence electrons. The second-order valence-corrected chi connectivity index (χ2v) is 4.76. The summed E-state index contributed by atoms with van der Waals surface area (Å²) in [5.41, 5.74) is 6.31. The van der Waals surface area contributed by atoms with Crippen LogP contribution in [0, 0.1) is 5.82 Å². The van der Waals surface area contributed by atoms with E-state index >= 15 is 0 Å². The average molecular weight is 256 g/mol. The van der Waals surface area contributed by atoms with Gasteiger partial charge in [-0.1, -0.05) is 0 Å². The van der Waals surface area contributed by atoms with Crippen LogP contribution in [-0.2, 0) is 11.3 Å². The third kappa shape index (κ3) is 4.75. The van der Waals surface area contributed by atoms with E-state index in [4.69, 9.17) is 5.73 Å². The summed E-state index contributed by atoms with van der Waals surface area (Å²) in [5, 5.41) is 2.73. The number of benzene rings is 1. The van der Waals surface area contributed by atoms with E-state index in [1.165, 1.54) is 23.9 Å². The number of carbonyl (C=O) groups is 1. The summed E-state index contributed by atoms with van der Waals surface area (Å²) in [7, 11) is 0. The summed E-state index contributed by atoms with van der Waals surface area (Å²) < 4.78 is 13.1. The molecule has 0 fully saturated rings. The van der Waals surface area contributed by atoms with Crippen molar-refractivity contribution >= 4 is 17.7 Å².